The average Bonchev–Trinajstić information content (AvgIpc) is 2.93. The van der Waals surface area contributed by atoms with Gasteiger partial charge in [0, 0.05) is 22.2 Å². The normalized spacial score (nSPS) is 49.7. The van der Waals surface area contributed by atoms with Gasteiger partial charge in [-0.25, -0.2) is 4.79 Å². The van der Waals surface area contributed by atoms with E-state index in [2.05, 4.69) is 20.8 Å². The van der Waals surface area contributed by atoms with Gasteiger partial charge >= 0.3 is 5.97 Å². The van der Waals surface area contributed by atoms with Gasteiger partial charge in [-0.15, -0.1) is 0 Å². The van der Waals surface area contributed by atoms with Crippen LogP contribution < -0.4 is 0 Å². The lowest BCUT2D eigenvalue weighted by Gasteiger charge is -2.66. The van der Waals surface area contributed by atoms with Gasteiger partial charge in [0.15, 0.2) is 17.7 Å². The van der Waals surface area contributed by atoms with Gasteiger partial charge in [0.05, 0.1) is 6.10 Å². The molecule has 0 bridgehead atoms. The minimum atomic E-state index is -1.41. The van der Waals surface area contributed by atoms with Crippen molar-refractivity contribution in [2.75, 3.05) is 0 Å². The van der Waals surface area contributed by atoms with E-state index in [1.54, 1.807) is 12.2 Å². The summed E-state index contributed by atoms with van der Waals surface area (Å²) in [6.07, 6.45) is 7.07. The Morgan fingerprint density at radius 1 is 1.22 bits per heavy atom. The number of fused-ring (bicyclic) bond motifs is 5. The highest BCUT2D eigenvalue weighted by molar-refractivity contribution is 6.53. The number of carbonyl (C=O) groups is 3. The van der Waals surface area contributed by atoms with E-state index in [9.17, 15) is 19.5 Å². The predicted octanol–water partition coefficient (Wildman–Crippen LogP) is 4.43. The number of halogens is 2. The van der Waals surface area contributed by atoms with Crippen LogP contribution >= 0.6 is 23.2 Å². The predicted molar refractivity (Wildman–Crippen MR) is 122 cm³/mol. The number of hydrogen-bond acceptors (Lipinski definition) is 5. The average molecular weight is 483 g/mol. The van der Waals surface area contributed by atoms with Crippen LogP contribution in [0.3, 0.4) is 0 Å². The summed E-state index contributed by atoms with van der Waals surface area (Å²) in [5.74, 6) is -0.832. The lowest BCUT2D eigenvalue weighted by Crippen LogP contribution is -2.66. The van der Waals surface area contributed by atoms with Crippen molar-refractivity contribution in [3.63, 3.8) is 0 Å². The van der Waals surface area contributed by atoms with E-state index in [0.29, 0.717) is 12.8 Å². The van der Waals surface area contributed by atoms with Crippen molar-refractivity contribution in [1.29, 1.82) is 0 Å². The molecule has 9 atom stereocenters. The SMILES string of the molecule is C[C@@H]1CC2C3C[C@H](C)C4=CC(=O)C=CC4(C)[C@@]3(C)C(O)CC2(C)[C@]1(C=O)OC(=O)C(Cl)Cl. The standard InChI is InChI=1S/C25H32Cl2O5/c1-13-8-18-17-9-14(2)25(12-28,32-21(31)20(26)27)23(17,4)11-19(30)24(18,5)22(3)7-6-15(29)10-16(13)22/h6-7,10,12-14,17-20,30H,8-9,11H2,1-5H3/t13-,14+,17?,18?,19?,22?,23?,24+,25+/m0/s1. The van der Waals surface area contributed by atoms with Crippen molar-refractivity contribution in [2.24, 2.45) is 39.9 Å². The van der Waals surface area contributed by atoms with E-state index in [1.165, 1.54) is 0 Å². The van der Waals surface area contributed by atoms with Gasteiger partial charge in [-0.1, -0.05) is 69.5 Å². The van der Waals surface area contributed by atoms with Crippen LogP contribution in [0, 0.1) is 39.9 Å². The third-order valence-electron chi connectivity index (χ3n) is 9.97. The molecule has 4 aliphatic carbocycles. The number of aldehydes is 1. The van der Waals surface area contributed by atoms with Crippen LogP contribution in [0.2, 0.25) is 0 Å². The van der Waals surface area contributed by atoms with Crippen molar-refractivity contribution < 1.29 is 24.2 Å². The molecule has 7 heteroatoms. The zero-order valence-electron chi connectivity index (χ0n) is 19.2. The Morgan fingerprint density at radius 2 is 1.88 bits per heavy atom. The number of rotatable bonds is 3. The maximum Gasteiger partial charge on any atom is 0.340 e. The van der Waals surface area contributed by atoms with Gasteiger partial charge in [0.25, 0.3) is 0 Å². The molecule has 0 aromatic carbocycles. The molecule has 3 fully saturated rings. The van der Waals surface area contributed by atoms with Crippen LogP contribution in [-0.2, 0) is 19.1 Å². The quantitative estimate of drug-likeness (QED) is 0.365. The number of hydrogen-bond donors (Lipinski definition) is 1. The summed E-state index contributed by atoms with van der Waals surface area (Å²) in [5, 5.41) is 11.7. The molecular weight excluding hydrogens is 451 g/mol. The second-order valence-corrected chi connectivity index (χ2v) is 12.2. The lowest BCUT2D eigenvalue weighted by molar-refractivity contribution is -0.217. The highest BCUT2D eigenvalue weighted by Gasteiger charge is 2.74. The Kier molecular flexibility index (Phi) is 5.55. The maximum absolute atomic E-state index is 12.6. The molecule has 4 rings (SSSR count). The monoisotopic (exact) mass is 482 g/mol. The van der Waals surface area contributed by atoms with Gasteiger partial charge < -0.3 is 9.84 Å². The molecule has 5 nitrogen and oxygen atoms in total. The van der Waals surface area contributed by atoms with Crippen molar-refractivity contribution in [2.45, 2.75) is 70.4 Å². The van der Waals surface area contributed by atoms with Crippen LogP contribution in [0.15, 0.2) is 23.8 Å². The van der Waals surface area contributed by atoms with E-state index >= 15 is 0 Å². The fourth-order valence-corrected chi connectivity index (χ4v) is 8.15. The fraction of sp³-hybridized carbons (Fsp3) is 0.720. The number of aliphatic hydroxyl groups is 1. The minimum Gasteiger partial charge on any atom is -0.448 e. The Morgan fingerprint density at radius 3 is 2.47 bits per heavy atom. The van der Waals surface area contributed by atoms with Gasteiger partial charge in [0.1, 0.15) is 0 Å². The first-order valence-electron chi connectivity index (χ1n) is 11.4. The Labute approximate surface area is 199 Å². The molecular formula is C25H32Cl2O5. The third-order valence-corrected chi connectivity index (χ3v) is 10.3. The van der Waals surface area contributed by atoms with Crippen molar-refractivity contribution in [3.05, 3.63) is 23.8 Å². The van der Waals surface area contributed by atoms with E-state index in [4.69, 9.17) is 27.9 Å². The molecule has 5 unspecified atom stereocenters. The lowest BCUT2D eigenvalue weighted by atomic mass is 9.38. The number of carbonyl (C=O) groups excluding carboxylic acids is 3. The summed E-state index contributed by atoms with van der Waals surface area (Å²) in [4.78, 5) is 35.8. The maximum atomic E-state index is 12.6. The highest BCUT2D eigenvalue weighted by Crippen LogP contribution is 2.73. The second-order valence-electron chi connectivity index (χ2n) is 11.1. The van der Waals surface area contributed by atoms with Gasteiger partial charge in [-0.3, -0.25) is 9.59 Å². The van der Waals surface area contributed by atoms with Crippen LogP contribution in [0.25, 0.3) is 0 Å². The molecule has 0 aromatic rings. The molecule has 0 amide bonds. The third kappa shape index (κ3) is 2.77. The molecule has 0 radical (unpaired) electrons. The summed E-state index contributed by atoms with van der Waals surface area (Å²) in [6.45, 7) is 10.2. The van der Waals surface area contributed by atoms with Crippen molar-refractivity contribution >= 4 is 41.2 Å². The number of alkyl halides is 2. The van der Waals surface area contributed by atoms with Crippen molar-refractivity contribution in [3.8, 4) is 0 Å². The smallest absolute Gasteiger partial charge is 0.340 e. The molecule has 0 aromatic heterocycles. The number of aliphatic hydroxyl groups excluding tert-OH is 1. The van der Waals surface area contributed by atoms with Crippen LogP contribution in [-0.4, -0.2) is 39.7 Å². The minimum absolute atomic E-state index is 0.0143. The first-order valence-corrected chi connectivity index (χ1v) is 12.3. The number of ketones is 1. The largest absolute Gasteiger partial charge is 0.448 e. The van der Waals surface area contributed by atoms with Crippen LogP contribution in [0.4, 0.5) is 0 Å². The topological polar surface area (TPSA) is 80.7 Å². The summed E-state index contributed by atoms with van der Waals surface area (Å²) in [7, 11) is 0. The molecule has 32 heavy (non-hydrogen) atoms. The first-order chi connectivity index (χ1) is 14.8. The first kappa shape index (κ1) is 24.0. The van der Waals surface area contributed by atoms with Crippen LogP contribution in [0.1, 0.15) is 53.9 Å². The second kappa shape index (κ2) is 7.41. The summed E-state index contributed by atoms with van der Waals surface area (Å²) in [6, 6.07) is 0. The molecule has 1 N–H and O–H groups in total. The van der Waals surface area contributed by atoms with E-state index in [1.807, 2.05) is 19.9 Å². The summed E-state index contributed by atoms with van der Waals surface area (Å²) >= 11 is 11.5. The van der Waals surface area contributed by atoms with E-state index in [0.717, 1.165) is 18.3 Å². The number of ether oxygens (including phenoxy) is 1. The molecule has 4 aliphatic rings. The van der Waals surface area contributed by atoms with Gasteiger partial charge in [0.2, 0.25) is 4.84 Å². The summed E-state index contributed by atoms with van der Waals surface area (Å²) in [5.41, 5.74) is -2.11. The van der Waals surface area contributed by atoms with Gasteiger partial charge in [-0.05, 0) is 49.2 Å². The van der Waals surface area contributed by atoms with Crippen LogP contribution in [0.5, 0.6) is 0 Å². The molecule has 0 heterocycles. The van der Waals surface area contributed by atoms with Crippen molar-refractivity contribution in [1.82, 2.24) is 0 Å². The summed E-state index contributed by atoms with van der Waals surface area (Å²) < 4.78 is 5.78. The molecule has 176 valence electrons. The van der Waals surface area contributed by atoms with E-state index < -0.39 is 38.8 Å². The van der Waals surface area contributed by atoms with E-state index in [-0.39, 0.29) is 29.5 Å². The molecule has 0 aliphatic heterocycles. The Hall–Kier alpha value is -1.17. The molecule has 0 spiro atoms. The highest BCUT2D eigenvalue weighted by atomic mass is 35.5. The zero-order chi connectivity index (χ0) is 23.9. The zero-order valence-corrected chi connectivity index (χ0v) is 20.7. The molecule has 3 saturated carbocycles. The number of esters is 1. The Bertz CT molecular complexity index is 927. The fourth-order valence-electron chi connectivity index (χ4n) is 8.06. The van der Waals surface area contributed by atoms with Gasteiger partial charge in [-0.2, -0.15) is 0 Å². The number of allylic oxidation sites excluding steroid dienone is 4. The Balaban J connectivity index is 1.84. The molecule has 0 saturated heterocycles.